The second-order valence-electron chi connectivity index (χ2n) is 5.63. The van der Waals surface area contributed by atoms with Crippen LogP contribution in [0.2, 0.25) is 0 Å². The van der Waals surface area contributed by atoms with Gasteiger partial charge in [0.25, 0.3) is 0 Å². The van der Waals surface area contributed by atoms with Gasteiger partial charge < -0.3 is 34.6 Å². The summed E-state index contributed by atoms with van der Waals surface area (Å²) in [6, 6.07) is -0.594. The summed E-state index contributed by atoms with van der Waals surface area (Å²) in [4.78, 5) is 1.72. The lowest BCUT2D eigenvalue weighted by molar-refractivity contribution is -0.147. The Bertz CT molecular complexity index is 295. The monoisotopic (exact) mass is 337 g/mol. The molecular weight excluding hydrogens is 306 g/mol. The molecule has 0 unspecified atom stereocenters. The third-order valence-corrected chi connectivity index (χ3v) is 3.83. The Morgan fingerprint density at radius 1 is 0.870 bits per heavy atom. The molecular formula is C15H31NO7. The molecule has 0 radical (unpaired) electrons. The molecule has 1 rings (SSSR count). The van der Waals surface area contributed by atoms with Crippen LogP contribution in [0.15, 0.2) is 0 Å². The maximum absolute atomic E-state index is 9.86. The standard InChI is InChI=1S/C15H31NO7/c1-2-4-21-6-8-23-9-7-22-5-3-16-10-13(18)15(20)14(19)12(16)11-17/h12-15,17-20H,2-11H2,1H3/t12-,13+,14-,15-/m1/s1. The van der Waals surface area contributed by atoms with Crippen molar-refractivity contribution < 1.29 is 34.6 Å². The highest BCUT2D eigenvalue weighted by atomic mass is 16.5. The minimum Gasteiger partial charge on any atom is -0.395 e. The van der Waals surface area contributed by atoms with Gasteiger partial charge >= 0.3 is 0 Å². The van der Waals surface area contributed by atoms with Gasteiger partial charge in [-0.1, -0.05) is 6.92 Å². The van der Waals surface area contributed by atoms with Crippen LogP contribution in [0.4, 0.5) is 0 Å². The fourth-order valence-corrected chi connectivity index (χ4v) is 2.50. The van der Waals surface area contributed by atoms with Crippen LogP contribution in [-0.4, -0.2) is 109 Å². The number of likely N-dealkylation sites (tertiary alicyclic amines) is 1. The van der Waals surface area contributed by atoms with Gasteiger partial charge in [0.15, 0.2) is 0 Å². The zero-order valence-corrected chi connectivity index (χ0v) is 13.8. The summed E-state index contributed by atoms with van der Waals surface area (Å²) in [7, 11) is 0. The first-order chi connectivity index (χ1) is 11.1. The van der Waals surface area contributed by atoms with Crippen LogP contribution in [0.3, 0.4) is 0 Å². The van der Waals surface area contributed by atoms with E-state index in [2.05, 4.69) is 6.92 Å². The second-order valence-corrected chi connectivity index (χ2v) is 5.63. The minimum absolute atomic E-state index is 0.193. The number of hydrogen-bond acceptors (Lipinski definition) is 8. The number of aliphatic hydroxyl groups is 4. The fourth-order valence-electron chi connectivity index (χ4n) is 2.50. The SMILES string of the molecule is CCCOCCOCCOCCN1C[C@H](O)[C@@H](O)[C@H](O)[C@H]1CO. The van der Waals surface area contributed by atoms with Crippen molar-refractivity contribution in [1.82, 2.24) is 4.90 Å². The Morgan fingerprint density at radius 2 is 1.43 bits per heavy atom. The molecule has 0 aliphatic carbocycles. The van der Waals surface area contributed by atoms with Crippen LogP contribution < -0.4 is 0 Å². The van der Waals surface area contributed by atoms with Crippen molar-refractivity contribution >= 4 is 0 Å². The van der Waals surface area contributed by atoms with E-state index in [4.69, 9.17) is 14.2 Å². The van der Waals surface area contributed by atoms with E-state index in [0.717, 1.165) is 13.0 Å². The minimum atomic E-state index is -1.23. The normalized spacial score (nSPS) is 29.1. The first kappa shape index (κ1) is 20.7. The van der Waals surface area contributed by atoms with E-state index < -0.39 is 24.4 Å². The summed E-state index contributed by atoms with van der Waals surface area (Å²) in [6.45, 7) is 5.58. The first-order valence-electron chi connectivity index (χ1n) is 8.24. The molecule has 0 aromatic carbocycles. The van der Waals surface area contributed by atoms with Crippen molar-refractivity contribution in [1.29, 1.82) is 0 Å². The van der Waals surface area contributed by atoms with Crippen LogP contribution in [0, 0.1) is 0 Å². The molecule has 23 heavy (non-hydrogen) atoms. The molecule has 1 saturated heterocycles. The lowest BCUT2D eigenvalue weighted by atomic mass is 9.94. The van der Waals surface area contributed by atoms with Gasteiger partial charge in [0.2, 0.25) is 0 Å². The lowest BCUT2D eigenvalue weighted by Crippen LogP contribution is -2.62. The highest BCUT2D eigenvalue weighted by molar-refractivity contribution is 4.93. The molecule has 0 amide bonds. The predicted octanol–water partition coefficient (Wildman–Crippen LogP) is -1.79. The Morgan fingerprint density at radius 3 is 2.00 bits per heavy atom. The zero-order chi connectivity index (χ0) is 17.1. The Hall–Kier alpha value is -0.320. The van der Waals surface area contributed by atoms with Gasteiger partial charge in [-0.15, -0.1) is 0 Å². The van der Waals surface area contributed by atoms with E-state index in [-0.39, 0.29) is 13.2 Å². The number of nitrogens with zero attached hydrogens (tertiary/aromatic N) is 1. The molecule has 1 aliphatic rings. The van der Waals surface area contributed by atoms with Gasteiger partial charge in [-0.3, -0.25) is 4.90 Å². The average Bonchev–Trinajstić information content (AvgIpc) is 2.54. The summed E-state index contributed by atoms with van der Waals surface area (Å²) < 4.78 is 16.1. The van der Waals surface area contributed by atoms with Crippen molar-refractivity contribution in [3.8, 4) is 0 Å². The van der Waals surface area contributed by atoms with Gasteiger partial charge in [0.05, 0.1) is 51.8 Å². The molecule has 1 heterocycles. The molecule has 1 aliphatic heterocycles. The maximum Gasteiger partial charge on any atom is 0.109 e. The summed E-state index contributed by atoms with van der Waals surface area (Å²) in [5.41, 5.74) is 0. The Labute approximate surface area is 137 Å². The van der Waals surface area contributed by atoms with Crippen LogP contribution in [0.1, 0.15) is 13.3 Å². The van der Waals surface area contributed by atoms with E-state index in [1.165, 1.54) is 0 Å². The van der Waals surface area contributed by atoms with E-state index >= 15 is 0 Å². The van der Waals surface area contributed by atoms with Crippen molar-refractivity contribution in [3.05, 3.63) is 0 Å². The van der Waals surface area contributed by atoms with E-state index in [0.29, 0.717) is 39.6 Å². The molecule has 138 valence electrons. The third kappa shape index (κ3) is 7.40. The van der Waals surface area contributed by atoms with Crippen LogP contribution in [0.25, 0.3) is 0 Å². The van der Waals surface area contributed by atoms with Gasteiger partial charge in [0.1, 0.15) is 12.2 Å². The molecule has 8 heteroatoms. The van der Waals surface area contributed by atoms with Crippen molar-refractivity contribution in [2.24, 2.45) is 0 Å². The second kappa shape index (κ2) is 12.1. The molecule has 0 aromatic heterocycles. The fraction of sp³-hybridized carbons (Fsp3) is 1.00. The van der Waals surface area contributed by atoms with E-state index in [1.807, 2.05) is 0 Å². The maximum atomic E-state index is 9.86. The number of β-amino-alcohol motifs (C(OH)–C–C–N with tert-alkyl or cyclic N) is 1. The van der Waals surface area contributed by atoms with E-state index in [9.17, 15) is 20.4 Å². The molecule has 0 bridgehead atoms. The van der Waals surface area contributed by atoms with Crippen LogP contribution >= 0.6 is 0 Å². The number of ether oxygens (including phenoxy) is 3. The molecule has 0 saturated carbocycles. The quantitative estimate of drug-likeness (QED) is 0.309. The summed E-state index contributed by atoms with van der Waals surface area (Å²) >= 11 is 0. The number of rotatable bonds is 12. The smallest absolute Gasteiger partial charge is 0.109 e. The zero-order valence-electron chi connectivity index (χ0n) is 13.8. The summed E-state index contributed by atoms with van der Waals surface area (Å²) in [5, 5.41) is 38.5. The van der Waals surface area contributed by atoms with Crippen molar-refractivity contribution in [2.75, 3.05) is 59.3 Å². The number of piperidine rings is 1. The Balaban J connectivity index is 2.08. The average molecular weight is 337 g/mol. The molecule has 0 spiro atoms. The topological polar surface area (TPSA) is 112 Å². The number of aliphatic hydroxyl groups excluding tert-OH is 4. The summed E-state index contributed by atoms with van der Waals surface area (Å²) in [6.07, 6.45) is -2.43. The largest absolute Gasteiger partial charge is 0.395 e. The van der Waals surface area contributed by atoms with E-state index in [1.54, 1.807) is 4.90 Å². The van der Waals surface area contributed by atoms with Gasteiger partial charge in [-0.05, 0) is 6.42 Å². The van der Waals surface area contributed by atoms with Gasteiger partial charge in [0, 0.05) is 19.7 Å². The highest BCUT2D eigenvalue weighted by Crippen LogP contribution is 2.18. The number of hydrogen-bond donors (Lipinski definition) is 4. The van der Waals surface area contributed by atoms with Crippen LogP contribution in [0.5, 0.6) is 0 Å². The third-order valence-electron chi connectivity index (χ3n) is 3.83. The van der Waals surface area contributed by atoms with Gasteiger partial charge in [-0.2, -0.15) is 0 Å². The van der Waals surface area contributed by atoms with Crippen molar-refractivity contribution in [2.45, 2.75) is 37.7 Å². The summed E-state index contributed by atoms with van der Waals surface area (Å²) in [5.74, 6) is 0. The molecule has 0 aromatic rings. The molecule has 8 nitrogen and oxygen atoms in total. The van der Waals surface area contributed by atoms with Gasteiger partial charge in [-0.25, -0.2) is 0 Å². The highest BCUT2D eigenvalue weighted by Gasteiger charge is 2.40. The molecule has 1 fully saturated rings. The Kier molecular flexibility index (Phi) is 10.9. The molecule has 4 atom stereocenters. The predicted molar refractivity (Wildman–Crippen MR) is 83.2 cm³/mol. The molecule has 4 N–H and O–H groups in total. The van der Waals surface area contributed by atoms with Crippen LogP contribution in [-0.2, 0) is 14.2 Å². The first-order valence-corrected chi connectivity index (χ1v) is 8.24. The van der Waals surface area contributed by atoms with Crippen molar-refractivity contribution in [3.63, 3.8) is 0 Å². The lowest BCUT2D eigenvalue weighted by Gasteiger charge is -2.43.